The van der Waals surface area contributed by atoms with Gasteiger partial charge < -0.3 is 15.0 Å². The minimum absolute atomic E-state index is 0.359. The van der Waals surface area contributed by atoms with Crippen LogP contribution in [0.2, 0.25) is 0 Å². The first-order valence-corrected chi connectivity index (χ1v) is 10.6. The van der Waals surface area contributed by atoms with Crippen LogP contribution in [0, 0.1) is 11.6 Å². The molecule has 0 radical (unpaired) electrons. The molecule has 0 bridgehead atoms. The van der Waals surface area contributed by atoms with Crippen molar-refractivity contribution in [3.05, 3.63) is 75.6 Å². The second kappa shape index (κ2) is 9.74. The number of benzene rings is 2. The Bertz CT molecular complexity index is 1320. The minimum atomic E-state index is -4.80. The third kappa shape index (κ3) is 5.51. The lowest BCUT2D eigenvalue weighted by molar-refractivity contribution is -0.137. The molecule has 0 unspecified atom stereocenters. The van der Waals surface area contributed by atoms with Crippen molar-refractivity contribution in [3.8, 4) is 5.69 Å². The summed E-state index contributed by atoms with van der Waals surface area (Å²) in [6, 6.07) is 5.17. The van der Waals surface area contributed by atoms with Gasteiger partial charge in [0.05, 0.1) is 22.2 Å². The number of fused-ring (bicyclic) bond motifs is 1. The molecule has 0 saturated carbocycles. The quantitative estimate of drug-likeness (QED) is 0.517. The van der Waals surface area contributed by atoms with Crippen LogP contribution in [0.5, 0.6) is 0 Å². The van der Waals surface area contributed by atoms with Crippen LogP contribution in [-0.2, 0) is 6.18 Å². The van der Waals surface area contributed by atoms with Gasteiger partial charge in [-0.05, 0) is 39.1 Å². The summed E-state index contributed by atoms with van der Waals surface area (Å²) in [6.07, 6.45) is -4.14. The van der Waals surface area contributed by atoms with E-state index in [0.717, 1.165) is 31.3 Å². The number of rotatable bonds is 2. The van der Waals surface area contributed by atoms with Crippen LogP contribution in [0.1, 0.15) is 29.8 Å². The number of hydrogen-bond acceptors (Lipinski definition) is 4. The Morgan fingerprint density at radius 3 is 2.29 bits per heavy atom. The zero-order valence-corrected chi connectivity index (χ0v) is 19.2. The van der Waals surface area contributed by atoms with Crippen molar-refractivity contribution < 1.29 is 31.9 Å². The number of carboxylic acids is 1. The molecule has 35 heavy (non-hydrogen) atoms. The maximum absolute atomic E-state index is 13.6. The highest BCUT2D eigenvalue weighted by Gasteiger charge is 2.34. The van der Waals surface area contributed by atoms with E-state index in [0.29, 0.717) is 28.4 Å². The zero-order chi connectivity index (χ0) is 26.1. The first kappa shape index (κ1) is 26.3. The number of para-hydroxylation sites is 1. The van der Waals surface area contributed by atoms with Crippen LogP contribution in [-0.4, -0.2) is 52.8 Å². The van der Waals surface area contributed by atoms with Gasteiger partial charge in [-0.1, -0.05) is 12.1 Å². The van der Waals surface area contributed by atoms with Gasteiger partial charge in [-0.25, -0.2) is 13.6 Å². The Morgan fingerprint density at radius 1 is 1.11 bits per heavy atom. The van der Waals surface area contributed by atoms with Gasteiger partial charge >= 0.3 is 12.1 Å². The summed E-state index contributed by atoms with van der Waals surface area (Å²) in [5.74, 6) is -4.52. The highest BCUT2D eigenvalue weighted by Crippen LogP contribution is 2.35. The van der Waals surface area contributed by atoms with E-state index >= 15 is 0 Å². The van der Waals surface area contributed by atoms with Crippen LogP contribution in [0.4, 0.5) is 22.0 Å². The number of pyridine rings is 1. The van der Waals surface area contributed by atoms with E-state index in [1.165, 1.54) is 12.6 Å². The summed E-state index contributed by atoms with van der Waals surface area (Å²) in [5.41, 5.74) is -3.70. The number of likely N-dealkylation sites (N-methyl/N-ethyl adjacent to an activating group) is 1. The van der Waals surface area contributed by atoms with Crippen molar-refractivity contribution in [2.24, 2.45) is 0 Å². The predicted molar refractivity (Wildman–Crippen MR) is 121 cm³/mol. The average Bonchev–Trinajstić information content (AvgIpc) is 2.77. The molecule has 1 aromatic heterocycles. The van der Waals surface area contributed by atoms with Gasteiger partial charge in [0.15, 0.2) is 11.6 Å². The van der Waals surface area contributed by atoms with Gasteiger partial charge in [-0.3, -0.25) is 9.69 Å². The molecule has 2 heterocycles. The van der Waals surface area contributed by atoms with E-state index in [9.17, 15) is 31.5 Å². The fourth-order valence-corrected chi connectivity index (χ4v) is 3.67. The van der Waals surface area contributed by atoms with Gasteiger partial charge in [0.1, 0.15) is 5.56 Å². The molecular formula is C24H24F5N3O3. The van der Waals surface area contributed by atoms with Crippen molar-refractivity contribution >= 4 is 16.9 Å². The third-order valence-corrected chi connectivity index (χ3v) is 5.96. The number of halogens is 5. The molecule has 1 aliphatic rings. The summed E-state index contributed by atoms with van der Waals surface area (Å²) in [6.45, 7) is 7.95. The summed E-state index contributed by atoms with van der Waals surface area (Å²) in [4.78, 5) is 25.9. The molecule has 0 spiro atoms. The molecular weight excluding hydrogens is 473 g/mol. The molecule has 2 aromatic carbocycles. The summed E-state index contributed by atoms with van der Waals surface area (Å²) < 4.78 is 67.7. The first-order chi connectivity index (χ1) is 16.2. The Hall–Kier alpha value is -3.31. The Labute approximate surface area is 197 Å². The predicted octanol–water partition coefficient (Wildman–Crippen LogP) is 4.29. The maximum atomic E-state index is 13.6. The van der Waals surface area contributed by atoms with E-state index in [4.69, 9.17) is 5.11 Å². The molecule has 188 valence electrons. The molecule has 0 amide bonds. The fraction of sp³-hybridized carbons (Fsp3) is 0.333. The van der Waals surface area contributed by atoms with Crippen molar-refractivity contribution in [1.29, 1.82) is 0 Å². The Balaban J connectivity index is 0.000000320. The van der Waals surface area contributed by atoms with Crippen molar-refractivity contribution in [2.45, 2.75) is 25.6 Å². The van der Waals surface area contributed by atoms with Crippen LogP contribution in [0.3, 0.4) is 0 Å². The summed E-state index contributed by atoms with van der Waals surface area (Å²) >= 11 is 0. The lowest BCUT2D eigenvalue weighted by atomic mass is 10.0. The van der Waals surface area contributed by atoms with Gasteiger partial charge in [0, 0.05) is 37.4 Å². The molecule has 3 aromatic rings. The van der Waals surface area contributed by atoms with Crippen LogP contribution in [0.15, 0.2) is 47.4 Å². The van der Waals surface area contributed by atoms with Crippen LogP contribution < -0.4 is 10.7 Å². The number of hydrogen-bond donors (Lipinski definition) is 2. The number of nitrogens with zero attached hydrogens (tertiary/aromatic N) is 2. The second-order valence-electron chi connectivity index (χ2n) is 8.76. The van der Waals surface area contributed by atoms with Crippen molar-refractivity contribution in [3.63, 3.8) is 0 Å². The smallest absolute Gasteiger partial charge is 0.418 e. The van der Waals surface area contributed by atoms with Gasteiger partial charge in [0.25, 0.3) is 0 Å². The van der Waals surface area contributed by atoms with Crippen LogP contribution >= 0.6 is 0 Å². The van der Waals surface area contributed by atoms with E-state index < -0.39 is 56.9 Å². The molecule has 1 fully saturated rings. The monoisotopic (exact) mass is 497 g/mol. The molecule has 0 atom stereocenters. The molecule has 11 heteroatoms. The molecule has 1 aliphatic heterocycles. The van der Waals surface area contributed by atoms with E-state index in [-0.39, 0.29) is 0 Å². The number of alkyl halides is 3. The molecule has 1 saturated heterocycles. The second-order valence-corrected chi connectivity index (χ2v) is 8.76. The SMILES string of the molecule is CN1CCNCC1(C)C.O=C(O)c1cn(-c2ccccc2C(F)(F)F)c2cc(F)c(F)cc2c1=O. The molecule has 0 aliphatic carbocycles. The fourth-order valence-electron chi connectivity index (χ4n) is 3.67. The molecule has 4 rings (SSSR count). The number of piperazine rings is 1. The van der Waals surface area contributed by atoms with E-state index in [2.05, 4.69) is 31.1 Å². The zero-order valence-electron chi connectivity index (χ0n) is 19.2. The normalized spacial score (nSPS) is 16.0. The van der Waals surface area contributed by atoms with E-state index in [1.54, 1.807) is 0 Å². The lowest BCUT2D eigenvalue weighted by Crippen LogP contribution is -2.55. The summed E-state index contributed by atoms with van der Waals surface area (Å²) in [5, 5.41) is 12.0. The molecule has 6 nitrogen and oxygen atoms in total. The number of carboxylic acid groups (broad SMARTS) is 1. The highest BCUT2D eigenvalue weighted by molar-refractivity contribution is 5.93. The Morgan fingerprint density at radius 2 is 1.74 bits per heavy atom. The maximum Gasteiger partial charge on any atom is 0.418 e. The number of aromatic carboxylic acids is 1. The molecule has 2 N–H and O–H groups in total. The largest absolute Gasteiger partial charge is 0.477 e. The Kier molecular flexibility index (Phi) is 7.32. The lowest BCUT2D eigenvalue weighted by Gasteiger charge is -2.40. The van der Waals surface area contributed by atoms with Gasteiger partial charge in [-0.2, -0.15) is 13.2 Å². The van der Waals surface area contributed by atoms with Crippen LogP contribution in [0.25, 0.3) is 16.6 Å². The van der Waals surface area contributed by atoms with Crippen molar-refractivity contribution in [1.82, 2.24) is 14.8 Å². The number of carbonyl (C=O) groups is 1. The number of aromatic nitrogens is 1. The van der Waals surface area contributed by atoms with Gasteiger partial charge in [0.2, 0.25) is 5.43 Å². The van der Waals surface area contributed by atoms with Gasteiger partial charge in [-0.15, -0.1) is 0 Å². The topological polar surface area (TPSA) is 74.6 Å². The van der Waals surface area contributed by atoms with Crippen molar-refractivity contribution in [2.75, 3.05) is 26.7 Å². The number of nitrogens with one attached hydrogen (secondary N) is 1. The van der Waals surface area contributed by atoms with E-state index in [1.807, 2.05) is 0 Å². The first-order valence-electron chi connectivity index (χ1n) is 10.6. The highest BCUT2D eigenvalue weighted by atomic mass is 19.4. The average molecular weight is 497 g/mol. The third-order valence-electron chi connectivity index (χ3n) is 5.96. The minimum Gasteiger partial charge on any atom is -0.477 e. The standard InChI is InChI=1S/C17H8F5NO3.C7H16N2/c18-11-5-8-14(6-12(11)19)23(7-9(15(8)24)16(25)26)13-4-2-1-3-10(13)17(20,21)22;1-7(2)6-8-4-5-9(7)3/h1-7H,(H,25,26);8H,4-6H2,1-3H3. The summed E-state index contributed by atoms with van der Waals surface area (Å²) in [7, 11) is 2.18.